The van der Waals surface area contributed by atoms with Crippen molar-refractivity contribution in [1.29, 1.82) is 0 Å². The van der Waals surface area contributed by atoms with Gasteiger partial charge in [-0.1, -0.05) is 27.7 Å². The van der Waals surface area contributed by atoms with E-state index in [0.717, 1.165) is 0 Å². The summed E-state index contributed by atoms with van der Waals surface area (Å²) < 4.78 is 0. The highest BCUT2D eigenvalue weighted by atomic mass is 16.3. The van der Waals surface area contributed by atoms with Crippen LogP contribution in [-0.2, 0) is 4.79 Å². The summed E-state index contributed by atoms with van der Waals surface area (Å²) in [6.07, 6.45) is 0.560. The van der Waals surface area contributed by atoms with Gasteiger partial charge in [0, 0.05) is 6.54 Å². The molecule has 0 aliphatic rings. The molecule has 0 aliphatic heterocycles. The smallest absolute Gasteiger partial charge is 0.312 e. The van der Waals surface area contributed by atoms with E-state index < -0.39 is 18.2 Å². The van der Waals surface area contributed by atoms with Crippen molar-refractivity contribution >= 4 is 11.9 Å². The summed E-state index contributed by atoms with van der Waals surface area (Å²) in [5, 5.41) is 14.7. The first kappa shape index (κ1) is 17.7. The summed E-state index contributed by atoms with van der Waals surface area (Å²) in [7, 11) is 0. The molecule has 0 saturated heterocycles. The summed E-state index contributed by atoms with van der Waals surface area (Å²) in [4.78, 5) is 22.8. The van der Waals surface area contributed by atoms with Crippen molar-refractivity contribution in [1.82, 2.24) is 10.6 Å². The van der Waals surface area contributed by atoms with Gasteiger partial charge in [-0.05, 0) is 24.7 Å². The van der Waals surface area contributed by atoms with E-state index in [1.165, 1.54) is 0 Å². The quantitative estimate of drug-likeness (QED) is 0.520. The van der Waals surface area contributed by atoms with Gasteiger partial charge in [-0.2, -0.15) is 0 Å². The first-order valence-corrected chi connectivity index (χ1v) is 6.74. The number of urea groups is 1. The van der Waals surface area contributed by atoms with E-state index >= 15 is 0 Å². The van der Waals surface area contributed by atoms with Crippen molar-refractivity contribution < 1.29 is 14.7 Å². The van der Waals surface area contributed by atoms with Gasteiger partial charge in [-0.3, -0.25) is 4.79 Å². The molecule has 0 heterocycles. The largest absolute Gasteiger partial charge is 0.391 e. The molecule has 0 aromatic carbocycles. The Bertz CT molecular complexity index is 293. The van der Waals surface area contributed by atoms with Gasteiger partial charge in [0.2, 0.25) is 5.91 Å². The number of nitrogens with one attached hydrogen (secondary N) is 2. The Kier molecular flexibility index (Phi) is 8.14. The van der Waals surface area contributed by atoms with Gasteiger partial charge in [-0.25, -0.2) is 4.79 Å². The lowest BCUT2D eigenvalue weighted by molar-refractivity contribution is -0.123. The SMILES string of the molecule is CC(C)CC(O)CNC(=O)C(CC(C)C)NC(N)=O. The molecular weight excluding hydrogens is 246 g/mol. The molecule has 0 saturated carbocycles. The normalized spacial score (nSPS) is 14.3. The molecule has 0 aliphatic carbocycles. The molecule has 6 nitrogen and oxygen atoms in total. The summed E-state index contributed by atoms with van der Waals surface area (Å²) in [5.41, 5.74) is 5.05. The molecular formula is C13H27N3O3. The second-order valence-electron chi connectivity index (χ2n) is 5.72. The predicted octanol–water partition coefficient (Wildman–Crippen LogP) is 0.593. The number of hydrogen-bond donors (Lipinski definition) is 4. The fourth-order valence-corrected chi connectivity index (χ4v) is 1.84. The van der Waals surface area contributed by atoms with Crippen LogP contribution < -0.4 is 16.4 Å². The van der Waals surface area contributed by atoms with Gasteiger partial charge in [0.25, 0.3) is 0 Å². The monoisotopic (exact) mass is 273 g/mol. The van der Waals surface area contributed by atoms with Crippen LogP contribution in [0.4, 0.5) is 4.79 Å². The molecule has 2 atom stereocenters. The lowest BCUT2D eigenvalue weighted by Gasteiger charge is -2.20. The maximum Gasteiger partial charge on any atom is 0.312 e. The minimum absolute atomic E-state index is 0.187. The van der Waals surface area contributed by atoms with Crippen LogP contribution in [0.2, 0.25) is 0 Å². The Labute approximate surface area is 115 Å². The molecule has 6 heteroatoms. The fraction of sp³-hybridized carbons (Fsp3) is 0.846. The zero-order chi connectivity index (χ0) is 15.0. The molecule has 19 heavy (non-hydrogen) atoms. The van der Waals surface area contributed by atoms with Crippen LogP contribution in [0.25, 0.3) is 0 Å². The number of amides is 3. The fourth-order valence-electron chi connectivity index (χ4n) is 1.84. The molecule has 0 aromatic heterocycles. The van der Waals surface area contributed by atoms with Crippen molar-refractivity contribution in [3.63, 3.8) is 0 Å². The van der Waals surface area contributed by atoms with E-state index in [2.05, 4.69) is 10.6 Å². The molecule has 112 valence electrons. The average Bonchev–Trinajstić information content (AvgIpc) is 2.22. The molecule has 0 spiro atoms. The highest BCUT2D eigenvalue weighted by Crippen LogP contribution is 2.06. The molecule has 0 rings (SSSR count). The predicted molar refractivity (Wildman–Crippen MR) is 74.4 cm³/mol. The van der Waals surface area contributed by atoms with E-state index in [0.29, 0.717) is 18.8 Å². The number of primary amides is 1. The van der Waals surface area contributed by atoms with Crippen molar-refractivity contribution in [2.45, 2.75) is 52.7 Å². The summed E-state index contributed by atoms with van der Waals surface area (Å²) in [6, 6.07) is -1.37. The van der Waals surface area contributed by atoms with Gasteiger partial charge >= 0.3 is 6.03 Å². The maximum atomic E-state index is 11.9. The first-order valence-electron chi connectivity index (χ1n) is 6.74. The maximum absolute atomic E-state index is 11.9. The summed E-state index contributed by atoms with van der Waals surface area (Å²) >= 11 is 0. The zero-order valence-electron chi connectivity index (χ0n) is 12.3. The molecule has 2 unspecified atom stereocenters. The van der Waals surface area contributed by atoms with Gasteiger partial charge < -0.3 is 21.5 Å². The molecule has 0 fully saturated rings. The van der Waals surface area contributed by atoms with E-state index in [1.807, 2.05) is 27.7 Å². The number of carbonyl (C=O) groups is 2. The van der Waals surface area contributed by atoms with Gasteiger partial charge in [0.1, 0.15) is 6.04 Å². The minimum Gasteiger partial charge on any atom is -0.391 e. The number of aliphatic hydroxyl groups excluding tert-OH is 1. The van der Waals surface area contributed by atoms with Crippen molar-refractivity contribution in [2.75, 3.05) is 6.54 Å². The van der Waals surface area contributed by atoms with Crippen LogP contribution in [0.1, 0.15) is 40.5 Å². The van der Waals surface area contributed by atoms with E-state index in [9.17, 15) is 14.7 Å². The molecule has 0 radical (unpaired) electrons. The van der Waals surface area contributed by atoms with Crippen LogP contribution >= 0.6 is 0 Å². The third-order valence-electron chi connectivity index (χ3n) is 2.60. The third-order valence-corrected chi connectivity index (χ3v) is 2.60. The lowest BCUT2D eigenvalue weighted by atomic mass is 10.0. The number of aliphatic hydroxyl groups is 1. The topological polar surface area (TPSA) is 104 Å². The zero-order valence-corrected chi connectivity index (χ0v) is 12.3. The second kappa shape index (κ2) is 8.74. The molecule has 0 aromatic rings. The van der Waals surface area contributed by atoms with Gasteiger partial charge in [0.05, 0.1) is 6.10 Å². The number of hydrogen-bond acceptors (Lipinski definition) is 3. The van der Waals surface area contributed by atoms with Crippen LogP contribution in [0.5, 0.6) is 0 Å². The van der Waals surface area contributed by atoms with Crippen LogP contribution in [0, 0.1) is 11.8 Å². The van der Waals surface area contributed by atoms with Crippen molar-refractivity contribution in [2.24, 2.45) is 17.6 Å². The van der Waals surface area contributed by atoms with E-state index in [4.69, 9.17) is 5.73 Å². The van der Waals surface area contributed by atoms with Crippen LogP contribution in [0.15, 0.2) is 0 Å². The van der Waals surface area contributed by atoms with Crippen molar-refractivity contribution in [3.05, 3.63) is 0 Å². The van der Waals surface area contributed by atoms with E-state index in [1.54, 1.807) is 0 Å². The lowest BCUT2D eigenvalue weighted by Crippen LogP contribution is -2.50. The van der Waals surface area contributed by atoms with Crippen LogP contribution in [-0.4, -0.2) is 35.7 Å². The second-order valence-corrected chi connectivity index (χ2v) is 5.72. The van der Waals surface area contributed by atoms with Gasteiger partial charge in [0.15, 0.2) is 0 Å². The average molecular weight is 273 g/mol. The Morgan fingerprint density at radius 2 is 1.63 bits per heavy atom. The van der Waals surface area contributed by atoms with Gasteiger partial charge in [-0.15, -0.1) is 0 Å². The minimum atomic E-state index is -0.719. The van der Waals surface area contributed by atoms with Crippen molar-refractivity contribution in [3.8, 4) is 0 Å². The molecule has 0 bridgehead atoms. The van der Waals surface area contributed by atoms with E-state index in [-0.39, 0.29) is 18.4 Å². The Morgan fingerprint density at radius 3 is 2.05 bits per heavy atom. The first-order chi connectivity index (χ1) is 8.72. The third kappa shape index (κ3) is 9.30. The Hall–Kier alpha value is -1.30. The Morgan fingerprint density at radius 1 is 1.11 bits per heavy atom. The Balaban J connectivity index is 4.27. The number of nitrogens with two attached hydrogens (primary N) is 1. The molecule has 5 N–H and O–H groups in total. The standard InChI is InChI=1S/C13H27N3O3/c1-8(2)5-10(17)7-15-12(18)11(6-9(3)4)16-13(14)19/h8-11,17H,5-7H2,1-4H3,(H,15,18)(H3,14,16,19). The molecule has 3 amide bonds. The highest BCUT2D eigenvalue weighted by molar-refractivity contribution is 5.86. The number of carbonyl (C=O) groups excluding carboxylic acids is 2. The number of rotatable bonds is 8. The summed E-state index contributed by atoms with van der Waals surface area (Å²) in [5.74, 6) is 0.306. The summed E-state index contributed by atoms with van der Waals surface area (Å²) in [6.45, 7) is 8.10. The van der Waals surface area contributed by atoms with Crippen LogP contribution in [0.3, 0.4) is 0 Å². The highest BCUT2D eigenvalue weighted by Gasteiger charge is 2.21.